The van der Waals surface area contributed by atoms with Gasteiger partial charge in [-0.25, -0.2) is 14.6 Å². The Balaban J connectivity index is 2.33. The molecule has 0 bridgehead atoms. The predicted octanol–water partition coefficient (Wildman–Crippen LogP) is -2.27. The van der Waals surface area contributed by atoms with Gasteiger partial charge in [-0.15, -0.1) is 0 Å². The molecule has 0 aromatic carbocycles. The highest BCUT2D eigenvalue weighted by Crippen LogP contribution is 2.02. The van der Waals surface area contributed by atoms with Crippen molar-refractivity contribution >= 4 is 17.9 Å². The number of hydrogen-bond donors (Lipinski definition) is 5. The summed E-state index contributed by atoms with van der Waals surface area (Å²) in [6, 6.07) is -1.91. The average molecular weight is 311 g/mol. The van der Waals surface area contributed by atoms with Crippen molar-refractivity contribution in [1.82, 2.24) is 9.97 Å². The Morgan fingerprint density at radius 1 is 1.27 bits per heavy atom. The van der Waals surface area contributed by atoms with Crippen LogP contribution >= 0.6 is 0 Å². The number of H-pyrrole nitrogens is 1. The molecule has 122 valence electrons. The molecule has 0 aliphatic rings. The first-order valence-electron chi connectivity index (χ1n) is 6.69. The Bertz CT molecular complexity index is 511. The van der Waals surface area contributed by atoms with Crippen LogP contribution in [0.2, 0.25) is 0 Å². The van der Waals surface area contributed by atoms with Gasteiger partial charge in [-0.2, -0.15) is 0 Å². The first-order chi connectivity index (χ1) is 10.4. The molecule has 0 spiro atoms. The van der Waals surface area contributed by atoms with E-state index in [9.17, 15) is 9.59 Å². The van der Waals surface area contributed by atoms with Gasteiger partial charge >= 0.3 is 11.9 Å². The third-order valence-corrected chi connectivity index (χ3v) is 2.77. The molecule has 0 saturated heterocycles. The zero-order valence-electron chi connectivity index (χ0n) is 12.1. The maximum absolute atomic E-state index is 11.7. The van der Waals surface area contributed by atoms with Crippen molar-refractivity contribution in [2.75, 3.05) is 6.54 Å². The molecular weight excluding hydrogens is 290 g/mol. The summed E-state index contributed by atoms with van der Waals surface area (Å²) in [5, 5.41) is 0. The van der Waals surface area contributed by atoms with E-state index in [1.165, 1.54) is 12.5 Å². The van der Waals surface area contributed by atoms with Crippen LogP contribution in [0.15, 0.2) is 17.5 Å². The molecule has 0 saturated carbocycles. The lowest BCUT2D eigenvalue weighted by Gasteiger charge is -2.12. The molecule has 10 nitrogen and oxygen atoms in total. The van der Waals surface area contributed by atoms with E-state index in [2.05, 4.69) is 19.7 Å². The minimum atomic E-state index is -0.974. The lowest BCUT2D eigenvalue weighted by atomic mass is 10.1. The van der Waals surface area contributed by atoms with E-state index in [0.717, 1.165) is 0 Å². The minimum absolute atomic E-state index is 0.0314. The smallest absolute Gasteiger partial charge is 0.330 e. The van der Waals surface area contributed by atoms with E-state index in [-0.39, 0.29) is 12.4 Å². The van der Waals surface area contributed by atoms with Gasteiger partial charge in [-0.05, 0) is 12.8 Å². The molecule has 2 atom stereocenters. The molecule has 0 amide bonds. The van der Waals surface area contributed by atoms with Crippen LogP contribution in [0.25, 0.3) is 0 Å². The molecule has 1 aromatic rings. The molecule has 22 heavy (non-hydrogen) atoms. The molecule has 1 rings (SSSR count). The number of aromatic nitrogens is 2. The number of aromatic amines is 1. The number of aliphatic imine (C=N–C) groups is 1. The van der Waals surface area contributed by atoms with Crippen LogP contribution in [0.3, 0.4) is 0 Å². The number of carbonyl (C=O) groups excluding carboxylic acids is 2. The van der Waals surface area contributed by atoms with E-state index in [1.807, 2.05) is 0 Å². The summed E-state index contributed by atoms with van der Waals surface area (Å²) < 4.78 is 4.65. The van der Waals surface area contributed by atoms with Gasteiger partial charge in [0.05, 0.1) is 6.33 Å². The number of nitrogens with zero attached hydrogens (tertiary/aromatic N) is 2. The number of carbonyl (C=O) groups is 2. The van der Waals surface area contributed by atoms with E-state index >= 15 is 0 Å². The van der Waals surface area contributed by atoms with Gasteiger partial charge in [0.15, 0.2) is 5.96 Å². The monoisotopic (exact) mass is 311 g/mol. The Morgan fingerprint density at radius 3 is 2.55 bits per heavy atom. The van der Waals surface area contributed by atoms with Crippen molar-refractivity contribution in [3.8, 4) is 0 Å². The summed E-state index contributed by atoms with van der Waals surface area (Å²) in [6.45, 7) is 0.344. The Labute approximate surface area is 127 Å². The van der Waals surface area contributed by atoms with Crippen LogP contribution in [0.1, 0.15) is 18.5 Å². The van der Waals surface area contributed by atoms with Crippen LogP contribution in [-0.2, 0) is 20.7 Å². The summed E-state index contributed by atoms with van der Waals surface area (Å²) in [7, 11) is 0. The van der Waals surface area contributed by atoms with Crippen LogP contribution in [0, 0.1) is 0 Å². The average Bonchev–Trinajstić information content (AvgIpc) is 2.95. The summed E-state index contributed by atoms with van der Waals surface area (Å²) >= 11 is 0. The number of nitrogens with one attached hydrogen (secondary N) is 1. The predicted molar refractivity (Wildman–Crippen MR) is 79.3 cm³/mol. The fourth-order valence-electron chi connectivity index (χ4n) is 1.60. The van der Waals surface area contributed by atoms with Crippen molar-refractivity contribution in [3.63, 3.8) is 0 Å². The highest BCUT2D eigenvalue weighted by atomic mass is 16.6. The van der Waals surface area contributed by atoms with Crippen molar-refractivity contribution in [2.24, 2.45) is 27.9 Å². The third kappa shape index (κ3) is 6.33. The molecule has 0 radical (unpaired) electrons. The van der Waals surface area contributed by atoms with Crippen molar-refractivity contribution in [2.45, 2.75) is 31.3 Å². The molecule has 1 aromatic heterocycles. The van der Waals surface area contributed by atoms with E-state index < -0.39 is 24.0 Å². The first-order valence-corrected chi connectivity index (χ1v) is 6.69. The number of imidazole rings is 1. The lowest BCUT2D eigenvalue weighted by Crippen LogP contribution is -2.40. The molecule has 0 aliphatic carbocycles. The third-order valence-electron chi connectivity index (χ3n) is 2.77. The molecule has 1 heterocycles. The number of hydrogen-bond acceptors (Lipinski definition) is 7. The van der Waals surface area contributed by atoms with Gasteiger partial charge in [0, 0.05) is 24.9 Å². The molecule has 0 unspecified atom stereocenters. The number of esters is 2. The quantitative estimate of drug-likeness (QED) is 0.117. The van der Waals surface area contributed by atoms with Crippen molar-refractivity contribution in [1.29, 1.82) is 0 Å². The molecule has 0 fully saturated rings. The SMILES string of the molecule is NC(N)=NCCC[C@@H](N)C(=O)OC(=O)[C@@H](N)Cc1cnc[nH]1. The summed E-state index contributed by atoms with van der Waals surface area (Å²) in [5.41, 5.74) is 22.3. The standard InChI is InChI=1S/C12H21N7O3/c13-8(2-1-3-18-12(15)16)10(20)22-11(21)9(14)4-7-5-17-6-19-7/h5-6,8-9H,1-4,13-14H2,(H,17,19)(H4,15,16,18)/t8-,9+/m1/s1. The molecule has 0 aliphatic heterocycles. The van der Waals surface area contributed by atoms with E-state index in [1.54, 1.807) is 0 Å². The van der Waals surface area contributed by atoms with Crippen LogP contribution in [0.5, 0.6) is 0 Å². The highest BCUT2D eigenvalue weighted by molar-refractivity contribution is 5.90. The summed E-state index contributed by atoms with van der Waals surface area (Å²) in [6.07, 6.45) is 3.96. The highest BCUT2D eigenvalue weighted by Gasteiger charge is 2.23. The van der Waals surface area contributed by atoms with Gasteiger partial charge in [0.25, 0.3) is 0 Å². The van der Waals surface area contributed by atoms with Gasteiger partial charge in [0.1, 0.15) is 12.1 Å². The van der Waals surface area contributed by atoms with Crippen LogP contribution in [-0.4, -0.2) is 46.5 Å². The zero-order valence-corrected chi connectivity index (χ0v) is 12.1. The van der Waals surface area contributed by atoms with Crippen molar-refractivity contribution < 1.29 is 14.3 Å². The molecule has 10 heteroatoms. The topological polar surface area (TPSA) is 188 Å². The minimum Gasteiger partial charge on any atom is -0.391 e. The lowest BCUT2D eigenvalue weighted by molar-refractivity contribution is -0.161. The molecular formula is C12H21N7O3. The van der Waals surface area contributed by atoms with E-state index in [4.69, 9.17) is 22.9 Å². The summed E-state index contributed by atoms with van der Waals surface area (Å²) in [5.74, 6) is -1.69. The van der Waals surface area contributed by atoms with Gasteiger partial charge in [-0.1, -0.05) is 0 Å². The largest absolute Gasteiger partial charge is 0.391 e. The fraction of sp³-hybridized carbons (Fsp3) is 0.500. The summed E-state index contributed by atoms with van der Waals surface area (Å²) in [4.78, 5) is 33.7. The number of guanidine groups is 1. The maximum atomic E-state index is 11.7. The van der Waals surface area contributed by atoms with E-state index in [0.29, 0.717) is 25.1 Å². The Morgan fingerprint density at radius 2 is 1.95 bits per heavy atom. The van der Waals surface area contributed by atoms with Crippen molar-refractivity contribution in [3.05, 3.63) is 18.2 Å². The number of ether oxygens (including phenoxy) is 1. The van der Waals surface area contributed by atoms with Gasteiger partial charge in [-0.3, -0.25) is 4.99 Å². The maximum Gasteiger partial charge on any atom is 0.330 e. The van der Waals surface area contributed by atoms with Gasteiger partial charge in [0.2, 0.25) is 0 Å². The Kier molecular flexibility index (Phi) is 6.99. The second-order valence-electron chi connectivity index (χ2n) is 4.68. The second kappa shape index (κ2) is 8.74. The molecule has 9 N–H and O–H groups in total. The van der Waals surface area contributed by atoms with Crippen LogP contribution in [0.4, 0.5) is 0 Å². The Hall–Kier alpha value is -2.46. The normalized spacial score (nSPS) is 13.2. The second-order valence-corrected chi connectivity index (χ2v) is 4.68. The fourth-order valence-corrected chi connectivity index (χ4v) is 1.60. The number of rotatable bonds is 8. The zero-order chi connectivity index (χ0) is 16.5. The first kappa shape index (κ1) is 17.6. The number of nitrogens with two attached hydrogens (primary N) is 4. The van der Waals surface area contributed by atoms with Gasteiger partial charge < -0.3 is 32.7 Å². The van der Waals surface area contributed by atoms with Crippen LogP contribution < -0.4 is 22.9 Å².